The Hall–Kier alpha value is -2.92. The lowest BCUT2D eigenvalue weighted by Crippen LogP contribution is -2.36. The molecule has 106 valence electrons. The zero-order chi connectivity index (χ0) is 14.1. The summed E-state index contributed by atoms with van der Waals surface area (Å²) in [6.07, 6.45) is 0. The largest absolute Gasteiger partial charge is 0.502 e. The first-order valence-electron chi connectivity index (χ1n) is 6.12. The van der Waals surface area contributed by atoms with Crippen LogP contribution in [0.2, 0.25) is 0 Å². The van der Waals surface area contributed by atoms with Crippen LogP contribution >= 0.6 is 0 Å². The van der Waals surface area contributed by atoms with Crippen LogP contribution in [0.15, 0.2) is 70.3 Å². The number of rotatable bonds is 3. The van der Waals surface area contributed by atoms with Gasteiger partial charge in [0.1, 0.15) is 5.69 Å². The first kappa shape index (κ1) is 14.5. The lowest BCUT2D eigenvalue weighted by Gasteiger charge is -2.25. The standard InChI is InChI=1S/C16H11NO3.H2O/c18-14-13(15(19)16(14)20)17(11-7-3-1-4-8-11)12-9-5-2-6-10-12;/h1-10,18H;1H2. The minimum absolute atomic E-state index is 0. The monoisotopic (exact) mass is 283 g/mol. The summed E-state index contributed by atoms with van der Waals surface area (Å²) in [6, 6.07) is 18.3. The minimum Gasteiger partial charge on any atom is -0.502 e. The Labute approximate surface area is 120 Å². The Balaban J connectivity index is 0.00000161. The Morgan fingerprint density at radius 1 is 0.714 bits per heavy atom. The van der Waals surface area contributed by atoms with Crippen molar-refractivity contribution in [2.75, 3.05) is 4.90 Å². The summed E-state index contributed by atoms with van der Waals surface area (Å²) >= 11 is 0. The van der Waals surface area contributed by atoms with Gasteiger partial charge in [-0.05, 0) is 24.3 Å². The summed E-state index contributed by atoms with van der Waals surface area (Å²) in [5.41, 5.74) is -0.0679. The molecule has 3 N–H and O–H groups in total. The molecule has 0 amide bonds. The van der Waals surface area contributed by atoms with Crippen LogP contribution < -0.4 is 15.8 Å². The van der Waals surface area contributed by atoms with E-state index in [0.717, 1.165) is 0 Å². The molecular weight excluding hydrogens is 270 g/mol. The van der Waals surface area contributed by atoms with Crippen molar-refractivity contribution in [3.05, 3.63) is 81.1 Å². The van der Waals surface area contributed by atoms with Crippen molar-refractivity contribution in [2.45, 2.75) is 0 Å². The highest BCUT2D eigenvalue weighted by molar-refractivity contribution is 5.81. The molecule has 0 atom stereocenters. The Morgan fingerprint density at radius 2 is 1.14 bits per heavy atom. The lowest BCUT2D eigenvalue weighted by molar-refractivity contribution is 0.464. The minimum atomic E-state index is -0.836. The topological polar surface area (TPSA) is 89.1 Å². The van der Waals surface area contributed by atoms with Gasteiger partial charge in [0.05, 0.1) is 0 Å². The van der Waals surface area contributed by atoms with E-state index in [1.807, 2.05) is 60.7 Å². The molecule has 0 radical (unpaired) electrons. The third-order valence-corrected chi connectivity index (χ3v) is 3.11. The van der Waals surface area contributed by atoms with E-state index in [2.05, 4.69) is 0 Å². The molecule has 0 unspecified atom stereocenters. The molecule has 0 aliphatic heterocycles. The second kappa shape index (κ2) is 5.60. The van der Waals surface area contributed by atoms with Crippen LogP contribution in [-0.4, -0.2) is 10.6 Å². The van der Waals surface area contributed by atoms with E-state index in [1.54, 1.807) is 4.90 Å². The molecule has 0 fully saturated rings. The molecule has 0 bridgehead atoms. The van der Waals surface area contributed by atoms with E-state index in [-0.39, 0.29) is 11.2 Å². The smallest absolute Gasteiger partial charge is 0.271 e. The molecule has 0 aliphatic carbocycles. The molecule has 5 nitrogen and oxygen atoms in total. The van der Waals surface area contributed by atoms with Crippen LogP contribution in [0, 0.1) is 0 Å². The van der Waals surface area contributed by atoms with Crippen molar-refractivity contribution < 1.29 is 10.6 Å². The van der Waals surface area contributed by atoms with Crippen molar-refractivity contribution in [2.24, 2.45) is 0 Å². The molecule has 21 heavy (non-hydrogen) atoms. The maximum absolute atomic E-state index is 11.8. The molecule has 5 heteroatoms. The van der Waals surface area contributed by atoms with Crippen LogP contribution in [0.5, 0.6) is 5.75 Å². The van der Waals surface area contributed by atoms with Gasteiger partial charge in [-0.2, -0.15) is 0 Å². The first-order chi connectivity index (χ1) is 9.70. The summed E-state index contributed by atoms with van der Waals surface area (Å²) in [7, 11) is 0. The van der Waals surface area contributed by atoms with Gasteiger partial charge in [-0.25, -0.2) is 0 Å². The highest BCUT2D eigenvalue weighted by atomic mass is 16.3. The number of hydrogen-bond acceptors (Lipinski definition) is 4. The number of anilines is 3. The summed E-state index contributed by atoms with van der Waals surface area (Å²) < 4.78 is 0. The second-order valence-corrected chi connectivity index (χ2v) is 4.36. The molecule has 3 aromatic rings. The van der Waals surface area contributed by atoms with E-state index >= 15 is 0 Å². The predicted octanol–water partition coefficient (Wildman–Crippen LogP) is 1.63. The van der Waals surface area contributed by atoms with Gasteiger partial charge in [0.25, 0.3) is 10.9 Å². The zero-order valence-electron chi connectivity index (χ0n) is 11.0. The van der Waals surface area contributed by atoms with Crippen LogP contribution in [0.4, 0.5) is 17.1 Å². The van der Waals surface area contributed by atoms with Gasteiger partial charge in [-0.1, -0.05) is 36.4 Å². The number of hydrogen-bond donors (Lipinski definition) is 1. The maximum atomic E-state index is 11.8. The Morgan fingerprint density at radius 3 is 1.52 bits per heavy atom. The Bertz CT molecular complexity index is 766. The van der Waals surface area contributed by atoms with Crippen molar-refractivity contribution in [3.63, 3.8) is 0 Å². The number of nitrogens with zero attached hydrogens (tertiary/aromatic N) is 1. The molecule has 3 rings (SSSR count). The van der Waals surface area contributed by atoms with E-state index in [0.29, 0.717) is 11.4 Å². The van der Waals surface area contributed by atoms with Gasteiger partial charge >= 0.3 is 0 Å². The molecule has 0 spiro atoms. The fourth-order valence-corrected chi connectivity index (χ4v) is 2.14. The van der Waals surface area contributed by atoms with Gasteiger partial charge in [0, 0.05) is 11.4 Å². The SMILES string of the molecule is O.O=c1c(O)c(N(c2ccccc2)c2ccccc2)c1=O. The highest BCUT2D eigenvalue weighted by Crippen LogP contribution is 2.36. The lowest BCUT2D eigenvalue weighted by atomic mass is 10.1. The van der Waals surface area contributed by atoms with Crippen LogP contribution in [0.1, 0.15) is 0 Å². The molecule has 0 saturated heterocycles. The number of para-hydroxylation sites is 2. The normalized spacial score (nSPS) is 10.1. The maximum Gasteiger partial charge on any atom is 0.271 e. The van der Waals surface area contributed by atoms with E-state index in [4.69, 9.17) is 0 Å². The number of benzene rings is 2. The van der Waals surface area contributed by atoms with Gasteiger partial charge < -0.3 is 15.5 Å². The third kappa shape index (κ3) is 2.30. The van der Waals surface area contributed by atoms with Gasteiger partial charge in [0.2, 0.25) is 0 Å². The van der Waals surface area contributed by atoms with E-state index < -0.39 is 16.6 Å². The van der Waals surface area contributed by atoms with Crippen LogP contribution in [0.25, 0.3) is 0 Å². The summed E-state index contributed by atoms with van der Waals surface area (Å²) in [5, 5.41) is 9.71. The first-order valence-corrected chi connectivity index (χ1v) is 6.12. The third-order valence-electron chi connectivity index (χ3n) is 3.11. The van der Waals surface area contributed by atoms with Crippen molar-refractivity contribution in [1.29, 1.82) is 0 Å². The van der Waals surface area contributed by atoms with Gasteiger partial charge in [-0.3, -0.25) is 9.59 Å². The summed E-state index contributed by atoms with van der Waals surface area (Å²) in [4.78, 5) is 24.6. The molecule has 0 heterocycles. The molecule has 0 saturated carbocycles. The average Bonchev–Trinajstić information content (AvgIpc) is 2.53. The van der Waals surface area contributed by atoms with Gasteiger partial charge in [-0.15, -0.1) is 0 Å². The molecular formula is C16H13NO4. The highest BCUT2D eigenvalue weighted by Gasteiger charge is 2.27. The fourth-order valence-electron chi connectivity index (χ4n) is 2.14. The Kier molecular flexibility index (Phi) is 3.86. The molecule has 0 aromatic heterocycles. The van der Waals surface area contributed by atoms with Crippen molar-refractivity contribution in [1.82, 2.24) is 0 Å². The molecule has 3 aromatic carbocycles. The van der Waals surface area contributed by atoms with E-state index in [1.165, 1.54) is 0 Å². The molecule has 0 aliphatic rings. The van der Waals surface area contributed by atoms with Crippen LogP contribution in [0.3, 0.4) is 0 Å². The number of aromatic hydroxyl groups is 1. The van der Waals surface area contributed by atoms with Crippen molar-refractivity contribution in [3.8, 4) is 5.75 Å². The quantitative estimate of drug-likeness (QED) is 0.740. The summed E-state index contributed by atoms with van der Waals surface area (Å²) in [6.45, 7) is 0. The van der Waals surface area contributed by atoms with Crippen molar-refractivity contribution >= 4 is 17.1 Å². The predicted molar refractivity (Wildman–Crippen MR) is 81.3 cm³/mol. The second-order valence-electron chi connectivity index (χ2n) is 4.36. The fraction of sp³-hybridized carbons (Fsp3) is 0. The average molecular weight is 283 g/mol. The zero-order valence-corrected chi connectivity index (χ0v) is 11.0. The van der Waals surface area contributed by atoms with Gasteiger partial charge in [0.15, 0.2) is 5.75 Å². The summed E-state index contributed by atoms with van der Waals surface area (Å²) in [5.74, 6) is -0.484. The van der Waals surface area contributed by atoms with E-state index in [9.17, 15) is 14.7 Å². The van der Waals surface area contributed by atoms with Crippen LogP contribution in [-0.2, 0) is 0 Å².